The molecule has 1 N–H and O–H groups in total. The number of benzene rings is 1. The van der Waals surface area contributed by atoms with Gasteiger partial charge in [-0.1, -0.05) is 17.7 Å². The predicted molar refractivity (Wildman–Crippen MR) is 69.0 cm³/mol. The van der Waals surface area contributed by atoms with Gasteiger partial charge in [-0.25, -0.2) is 4.39 Å². The summed E-state index contributed by atoms with van der Waals surface area (Å²) in [5, 5.41) is 2.88. The molecule has 0 radical (unpaired) electrons. The highest BCUT2D eigenvalue weighted by Gasteiger charge is 2.29. The van der Waals surface area contributed by atoms with Crippen molar-refractivity contribution in [3.05, 3.63) is 34.6 Å². The molecule has 0 saturated carbocycles. The molecule has 1 fully saturated rings. The van der Waals surface area contributed by atoms with Crippen LogP contribution in [0.4, 0.5) is 4.39 Å². The van der Waals surface area contributed by atoms with Crippen molar-refractivity contribution in [2.24, 2.45) is 0 Å². The summed E-state index contributed by atoms with van der Waals surface area (Å²) in [6, 6.07) is 3.88. The number of nitrogens with one attached hydrogen (secondary N) is 1. The fourth-order valence-corrected chi connectivity index (χ4v) is 2.29. The second-order valence-corrected chi connectivity index (χ2v) is 4.96. The van der Waals surface area contributed by atoms with Crippen LogP contribution in [0.3, 0.4) is 0 Å². The van der Waals surface area contributed by atoms with E-state index < -0.39 is 11.9 Å². The molecule has 2 rings (SSSR count). The lowest BCUT2D eigenvalue weighted by molar-refractivity contribution is -0.133. The zero-order chi connectivity index (χ0) is 14.0. The standard InChI is InChI=1S/C13H14ClFN2O2/c1-17(13(19)11-5-6-12(18)16-11)7-8-9(14)3-2-4-10(8)15/h2-4,11H,5-7H2,1H3,(H,16,18)/t11-/m0/s1. The number of nitrogens with zero attached hydrogens (tertiary/aromatic N) is 1. The van der Waals surface area contributed by atoms with Gasteiger partial charge < -0.3 is 10.2 Å². The molecule has 0 aliphatic carbocycles. The molecule has 0 aromatic heterocycles. The van der Waals surface area contributed by atoms with Crippen LogP contribution in [0.1, 0.15) is 18.4 Å². The van der Waals surface area contributed by atoms with Crippen LogP contribution < -0.4 is 5.32 Å². The van der Waals surface area contributed by atoms with E-state index in [9.17, 15) is 14.0 Å². The first-order chi connectivity index (χ1) is 8.99. The van der Waals surface area contributed by atoms with Crippen LogP contribution in [0.15, 0.2) is 18.2 Å². The Morgan fingerprint density at radius 1 is 1.58 bits per heavy atom. The van der Waals surface area contributed by atoms with E-state index in [0.29, 0.717) is 12.8 Å². The number of rotatable bonds is 3. The second-order valence-electron chi connectivity index (χ2n) is 4.55. The topological polar surface area (TPSA) is 49.4 Å². The maximum atomic E-state index is 13.6. The minimum Gasteiger partial charge on any atom is -0.344 e. The highest BCUT2D eigenvalue weighted by Crippen LogP contribution is 2.21. The third-order valence-corrected chi connectivity index (χ3v) is 3.48. The average Bonchev–Trinajstić information content (AvgIpc) is 2.79. The smallest absolute Gasteiger partial charge is 0.245 e. The fraction of sp³-hybridized carbons (Fsp3) is 0.385. The Bertz CT molecular complexity index is 501. The molecule has 1 saturated heterocycles. The third kappa shape index (κ3) is 3.04. The van der Waals surface area contributed by atoms with Crippen molar-refractivity contribution in [3.63, 3.8) is 0 Å². The molecule has 1 aromatic carbocycles. The van der Waals surface area contributed by atoms with Crippen LogP contribution in [0.5, 0.6) is 0 Å². The molecule has 6 heteroatoms. The molecule has 2 amide bonds. The van der Waals surface area contributed by atoms with E-state index in [1.54, 1.807) is 13.1 Å². The summed E-state index contributed by atoms with van der Waals surface area (Å²) in [4.78, 5) is 24.5. The molecular weight excluding hydrogens is 271 g/mol. The minimum atomic E-state index is -0.511. The molecule has 1 aliphatic rings. The lowest BCUT2D eigenvalue weighted by Gasteiger charge is -2.21. The molecule has 0 spiro atoms. The Morgan fingerprint density at radius 2 is 2.32 bits per heavy atom. The van der Waals surface area contributed by atoms with Crippen LogP contribution in [0.25, 0.3) is 0 Å². The van der Waals surface area contributed by atoms with Gasteiger partial charge in [0.2, 0.25) is 11.8 Å². The van der Waals surface area contributed by atoms with Crippen molar-refractivity contribution >= 4 is 23.4 Å². The maximum absolute atomic E-state index is 13.6. The first-order valence-corrected chi connectivity index (χ1v) is 6.34. The number of carbonyl (C=O) groups excluding carboxylic acids is 2. The Morgan fingerprint density at radius 3 is 2.89 bits per heavy atom. The summed E-state index contributed by atoms with van der Waals surface area (Å²) in [6.07, 6.45) is 0.831. The van der Waals surface area contributed by atoms with Crippen molar-refractivity contribution in [1.82, 2.24) is 10.2 Å². The highest BCUT2D eigenvalue weighted by molar-refractivity contribution is 6.31. The normalized spacial score (nSPS) is 18.3. The predicted octanol–water partition coefficient (Wildman–Crippen LogP) is 1.72. The van der Waals surface area contributed by atoms with Gasteiger partial charge in [0, 0.05) is 30.6 Å². The molecule has 1 aromatic rings. The van der Waals surface area contributed by atoms with Gasteiger partial charge in [0.05, 0.1) is 0 Å². The van der Waals surface area contributed by atoms with Crippen molar-refractivity contribution < 1.29 is 14.0 Å². The first-order valence-electron chi connectivity index (χ1n) is 5.96. The number of amides is 2. The van der Waals surface area contributed by atoms with Gasteiger partial charge in [0.25, 0.3) is 0 Å². The quantitative estimate of drug-likeness (QED) is 0.919. The summed E-state index contributed by atoms with van der Waals surface area (Å²) in [5.41, 5.74) is 0.282. The summed E-state index contributed by atoms with van der Waals surface area (Å²) in [6.45, 7) is 0.0801. The summed E-state index contributed by atoms with van der Waals surface area (Å²) in [5.74, 6) is -0.802. The number of hydrogen-bond donors (Lipinski definition) is 1. The molecular formula is C13H14ClFN2O2. The Kier molecular flexibility index (Phi) is 4.04. The van der Waals surface area contributed by atoms with Crippen molar-refractivity contribution in [2.45, 2.75) is 25.4 Å². The summed E-state index contributed by atoms with van der Waals surface area (Å²) in [7, 11) is 1.57. The van der Waals surface area contributed by atoms with Gasteiger partial charge >= 0.3 is 0 Å². The van der Waals surface area contributed by atoms with E-state index in [1.807, 2.05) is 0 Å². The molecule has 1 aliphatic heterocycles. The zero-order valence-corrected chi connectivity index (χ0v) is 11.2. The number of carbonyl (C=O) groups is 2. The van der Waals surface area contributed by atoms with E-state index in [4.69, 9.17) is 11.6 Å². The number of likely N-dealkylation sites (N-methyl/N-ethyl adjacent to an activating group) is 1. The van der Waals surface area contributed by atoms with Crippen molar-refractivity contribution in [3.8, 4) is 0 Å². The van der Waals surface area contributed by atoms with Gasteiger partial charge in [0.1, 0.15) is 11.9 Å². The van der Waals surface area contributed by atoms with E-state index in [-0.39, 0.29) is 28.9 Å². The van der Waals surface area contributed by atoms with E-state index in [1.165, 1.54) is 17.0 Å². The molecule has 19 heavy (non-hydrogen) atoms. The lowest BCUT2D eigenvalue weighted by Crippen LogP contribution is -2.42. The largest absolute Gasteiger partial charge is 0.344 e. The average molecular weight is 285 g/mol. The zero-order valence-electron chi connectivity index (χ0n) is 10.5. The Balaban J connectivity index is 2.06. The fourth-order valence-electron chi connectivity index (χ4n) is 2.06. The summed E-state index contributed by atoms with van der Waals surface area (Å²) >= 11 is 5.91. The lowest BCUT2D eigenvalue weighted by atomic mass is 10.1. The summed E-state index contributed by atoms with van der Waals surface area (Å²) < 4.78 is 13.6. The van der Waals surface area contributed by atoms with E-state index in [0.717, 1.165) is 0 Å². The highest BCUT2D eigenvalue weighted by atomic mass is 35.5. The third-order valence-electron chi connectivity index (χ3n) is 3.13. The van der Waals surface area contributed by atoms with E-state index in [2.05, 4.69) is 5.32 Å². The van der Waals surface area contributed by atoms with Crippen LogP contribution in [0, 0.1) is 5.82 Å². The Labute approximate surface area is 115 Å². The Hall–Kier alpha value is -1.62. The van der Waals surface area contributed by atoms with Gasteiger partial charge in [-0.05, 0) is 18.6 Å². The van der Waals surface area contributed by atoms with E-state index >= 15 is 0 Å². The number of hydrogen-bond acceptors (Lipinski definition) is 2. The molecule has 4 nitrogen and oxygen atoms in total. The second kappa shape index (κ2) is 5.57. The molecule has 102 valence electrons. The first kappa shape index (κ1) is 13.8. The maximum Gasteiger partial charge on any atom is 0.245 e. The molecule has 1 heterocycles. The molecule has 0 bridgehead atoms. The molecule has 1 atom stereocenters. The monoisotopic (exact) mass is 284 g/mol. The van der Waals surface area contributed by atoms with Crippen LogP contribution in [-0.4, -0.2) is 29.8 Å². The van der Waals surface area contributed by atoms with Gasteiger partial charge in [-0.3, -0.25) is 9.59 Å². The van der Waals surface area contributed by atoms with Gasteiger partial charge in [0.15, 0.2) is 0 Å². The van der Waals surface area contributed by atoms with Crippen LogP contribution >= 0.6 is 11.6 Å². The van der Waals surface area contributed by atoms with Crippen LogP contribution in [-0.2, 0) is 16.1 Å². The van der Waals surface area contributed by atoms with Crippen molar-refractivity contribution in [2.75, 3.05) is 7.05 Å². The number of halogens is 2. The minimum absolute atomic E-state index is 0.0801. The SMILES string of the molecule is CN(Cc1c(F)cccc1Cl)C(=O)[C@@H]1CCC(=O)N1. The molecule has 0 unspecified atom stereocenters. The van der Waals surface area contributed by atoms with Crippen molar-refractivity contribution in [1.29, 1.82) is 0 Å². The van der Waals surface area contributed by atoms with Gasteiger partial charge in [-0.15, -0.1) is 0 Å². The van der Waals surface area contributed by atoms with Gasteiger partial charge in [-0.2, -0.15) is 0 Å². The van der Waals surface area contributed by atoms with Crippen LogP contribution in [0.2, 0.25) is 5.02 Å².